The summed E-state index contributed by atoms with van der Waals surface area (Å²) in [6.07, 6.45) is 1.57. The van der Waals surface area contributed by atoms with E-state index in [0.717, 1.165) is 11.4 Å². The van der Waals surface area contributed by atoms with E-state index in [1.54, 1.807) is 6.34 Å². The van der Waals surface area contributed by atoms with Crippen LogP contribution in [0.3, 0.4) is 0 Å². The number of halogens is 2. The first-order valence-electron chi connectivity index (χ1n) is 8.91. The fourth-order valence-electron chi connectivity index (χ4n) is 2.60. The van der Waals surface area contributed by atoms with Gasteiger partial charge in [-0.15, -0.1) is 0 Å². The van der Waals surface area contributed by atoms with E-state index in [0.29, 0.717) is 0 Å². The molecule has 0 aromatic heterocycles. The first-order chi connectivity index (χ1) is 13.4. The van der Waals surface area contributed by atoms with Gasteiger partial charge in [-0.2, -0.15) is 0 Å². The van der Waals surface area contributed by atoms with Crippen LogP contribution in [0.15, 0.2) is 65.7 Å². The van der Waals surface area contributed by atoms with Crippen molar-refractivity contribution in [1.29, 1.82) is 0 Å². The van der Waals surface area contributed by atoms with Crippen LogP contribution in [0.1, 0.15) is 34.6 Å². The summed E-state index contributed by atoms with van der Waals surface area (Å²) in [4.78, 5) is 4.21. The van der Waals surface area contributed by atoms with Crippen LogP contribution >= 0.6 is 17.0 Å². The molecule has 2 aromatic carbocycles. The molecule has 1 aliphatic rings. The molecular formula is C23H26Cl2N2Zr+. The molecule has 0 heterocycles. The van der Waals surface area contributed by atoms with E-state index in [2.05, 4.69) is 44.9 Å². The van der Waals surface area contributed by atoms with E-state index in [1.165, 1.54) is 29.6 Å². The zero-order valence-corrected chi connectivity index (χ0v) is 21.0. The zero-order chi connectivity index (χ0) is 20.9. The van der Waals surface area contributed by atoms with Gasteiger partial charge in [0.25, 0.3) is 0 Å². The Balaban J connectivity index is 0.000000261. The molecule has 3 rings (SSSR count). The Labute approximate surface area is 189 Å². The second kappa shape index (κ2) is 14.4. The summed E-state index contributed by atoms with van der Waals surface area (Å²) in [5.41, 5.74) is 1.83. The first kappa shape index (κ1) is 25.4. The number of aliphatic imine (C=N–C) groups is 1. The molecular weight excluding hydrogens is 466 g/mol. The third kappa shape index (κ3) is 8.81. The number of rotatable bonds is 3. The van der Waals surface area contributed by atoms with Crippen molar-refractivity contribution in [2.45, 2.75) is 34.6 Å². The van der Waals surface area contributed by atoms with Crippen molar-refractivity contribution in [3.8, 4) is 0 Å². The van der Waals surface area contributed by atoms with Crippen LogP contribution in [0, 0.1) is 29.6 Å². The summed E-state index contributed by atoms with van der Waals surface area (Å²) in [5, 5.41) is 4.21. The van der Waals surface area contributed by atoms with E-state index >= 15 is 0 Å². The minimum atomic E-state index is -0.826. The second-order valence-electron chi connectivity index (χ2n) is 6.24. The molecule has 0 amide bonds. The first-order valence-corrected chi connectivity index (χ1v) is 15.2. The molecule has 0 unspecified atom stereocenters. The SMILES string of the molecule is C(=Nc1ccccc1)[N-]c1ccccc1.C[C]1[C](C)[C](C)[C](C)[C]1C.[Cl][Zr+2][Cl]. The van der Waals surface area contributed by atoms with E-state index in [1.807, 2.05) is 60.7 Å². The van der Waals surface area contributed by atoms with Crippen molar-refractivity contribution in [1.82, 2.24) is 0 Å². The number of nitrogens with zero attached hydrogens (tertiary/aromatic N) is 2. The summed E-state index contributed by atoms with van der Waals surface area (Å²) < 4.78 is 0. The molecule has 0 N–H and O–H groups in total. The van der Waals surface area contributed by atoms with Gasteiger partial charge in [-0.05, 0) is 41.0 Å². The van der Waals surface area contributed by atoms with E-state index in [4.69, 9.17) is 17.0 Å². The summed E-state index contributed by atoms with van der Waals surface area (Å²) in [6.45, 7) is 11.0. The normalized spacial score (nSPS) is 16.1. The number of hydrogen-bond acceptors (Lipinski definition) is 1. The van der Waals surface area contributed by atoms with Crippen LogP contribution < -0.4 is 0 Å². The van der Waals surface area contributed by atoms with Crippen molar-refractivity contribution in [3.63, 3.8) is 0 Å². The number of benzene rings is 2. The molecule has 2 aromatic rings. The molecule has 1 aliphatic carbocycles. The van der Waals surface area contributed by atoms with E-state index in [-0.39, 0.29) is 0 Å². The van der Waals surface area contributed by atoms with Gasteiger partial charge >= 0.3 is 37.9 Å². The molecule has 0 bridgehead atoms. The fraction of sp³-hybridized carbons (Fsp3) is 0.217. The van der Waals surface area contributed by atoms with Crippen LogP contribution in [0.25, 0.3) is 5.32 Å². The van der Waals surface area contributed by atoms with Crippen molar-refractivity contribution >= 4 is 34.7 Å². The summed E-state index contributed by atoms with van der Waals surface area (Å²) in [5.74, 6) is 7.34. The molecule has 0 saturated heterocycles. The van der Waals surface area contributed by atoms with Crippen LogP contribution in [0.5, 0.6) is 0 Å². The Morgan fingerprint density at radius 1 is 0.679 bits per heavy atom. The van der Waals surface area contributed by atoms with Gasteiger partial charge in [-0.25, -0.2) is 0 Å². The van der Waals surface area contributed by atoms with Gasteiger partial charge in [-0.1, -0.05) is 102 Å². The summed E-state index contributed by atoms with van der Waals surface area (Å²) >= 11 is -0.826. The van der Waals surface area contributed by atoms with Crippen LogP contribution in [0.4, 0.5) is 11.4 Å². The monoisotopic (exact) mass is 490 g/mol. The molecule has 1 saturated carbocycles. The molecule has 0 atom stereocenters. The topological polar surface area (TPSA) is 26.5 Å². The van der Waals surface area contributed by atoms with Crippen molar-refractivity contribution in [2.24, 2.45) is 4.99 Å². The molecule has 1 fully saturated rings. The summed E-state index contributed by atoms with van der Waals surface area (Å²) in [6, 6.07) is 19.5. The van der Waals surface area contributed by atoms with Crippen molar-refractivity contribution in [2.75, 3.05) is 0 Å². The van der Waals surface area contributed by atoms with Gasteiger partial charge in [0.2, 0.25) is 0 Å². The standard InChI is InChI=1S/C13H11N2.C10H15.2ClH.Zr/c1-3-7-12(8-4-1)14-11-15-13-9-5-2-6-10-13;1-6-7(2)9(4)10(5)8(6)3;;;/h1-11H;1-5H3;2*1H;/q-1;;;;+4/p-2. The van der Waals surface area contributed by atoms with Crippen molar-refractivity contribution in [3.05, 3.63) is 95.6 Å². The predicted molar refractivity (Wildman–Crippen MR) is 120 cm³/mol. The van der Waals surface area contributed by atoms with Gasteiger partial charge in [0.15, 0.2) is 0 Å². The average molecular weight is 493 g/mol. The Kier molecular flexibility index (Phi) is 13.0. The maximum atomic E-state index is 4.93. The molecule has 28 heavy (non-hydrogen) atoms. The third-order valence-electron chi connectivity index (χ3n) is 4.74. The Morgan fingerprint density at radius 3 is 1.43 bits per heavy atom. The predicted octanol–water partition coefficient (Wildman–Crippen LogP) is 8.40. The Bertz CT molecular complexity index is 622. The molecule has 0 spiro atoms. The van der Waals surface area contributed by atoms with Crippen LogP contribution in [-0.2, 0) is 20.8 Å². The molecule has 0 aliphatic heterocycles. The van der Waals surface area contributed by atoms with Gasteiger partial charge in [0.1, 0.15) is 0 Å². The van der Waals surface area contributed by atoms with Crippen LogP contribution in [-0.4, -0.2) is 6.34 Å². The molecule has 145 valence electrons. The Hall–Kier alpha value is -0.627. The van der Waals surface area contributed by atoms with Gasteiger partial charge < -0.3 is 10.3 Å². The van der Waals surface area contributed by atoms with Crippen LogP contribution in [0.2, 0.25) is 0 Å². The maximum absolute atomic E-state index is 4.93. The van der Waals surface area contributed by atoms with Crippen molar-refractivity contribution < 1.29 is 20.8 Å². The van der Waals surface area contributed by atoms with Gasteiger partial charge in [-0.3, -0.25) is 0 Å². The van der Waals surface area contributed by atoms with Gasteiger partial charge in [0, 0.05) is 0 Å². The fourth-order valence-corrected chi connectivity index (χ4v) is 2.60. The Morgan fingerprint density at radius 2 is 1.04 bits per heavy atom. The minimum absolute atomic E-state index is 0.826. The molecule has 5 heteroatoms. The number of para-hydroxylation sites is 2. The van der Waals surface area contributed by atoms with E-state index in [9.17, 15) is 0 Å². The molecule has 2 nitrogen and oxygen atoms in total. The molecule has 5 radical (unpaired) electrons. The number of hydrogen-bond donors (Lipinski definition) is 0. The third-order valence-corrected chi connectivity index (χ3v) is 4.74. The summed E-state index contributed by atoms with van der Waals surface area (Å²) in [7, 11) is 9.87. The quantitative estimate of drug-likeness (QED) is 0.304. The average Bonchev–Trinajstić information content (AvgIpc) is 2.88. The van der Waals surface area contributed by atoms with E-state index < -0.39 is 20.8 Å². The zero-order valence-electron chi connectivity index (χ0n) is 17.0. The van der Waals surface area contributed by atoms with Gasteiger partial charge in [0.05, 0.1) is 0 Å². The second-order valence-corrected chi connectivity index (χ2v) is 9.97.